The molecular formula is C18H23FN4. The highest BCUT2D eigenvalue weighted by molar-refractivity contribution is 5.50. The van der Waals surface area contributed by atoms with E-state index in [2.05, 4.69) is 27.1 Å². The maximum atomic E-state index is 13.7. The van der Waals surface area contributed by atoms with Gasteiger partial charge in [0.05, 0.1) is 0 Å². The Bertz CT molecular complexity index is 666. The molecule has 0 saturated carbocycles. The van der Waals surface area contributed by atoms with Gasteiger partial charge in [-0.3, -0.25) is 0 Å². The number of piperidine rings is 1. The Morgan fingerprint density at radius 1 is 1.22 bits per heavy atom. The van der Waals surface area contributed by atoms with Crippen molar-refractivity contribution in [2.75, 3.05) is 23.3 Å². The highest BCUT2D eigenvalue weighted by Gasteiger charge is 2.18. The number of benzene rings is 1. The summed E-state index contributed by atoms with van der Waals surface area (Å²) in [6.07, 6.45) is 2.39. The summed E-state index contributed by atoms with van der Waals surface area (Å²) in [5.74, 6) is 3.02. The lowest BCUT2D eigenvalue weighted by Crippen LogP contribution is -2.33. The van der Waals surface area contributed by atoms with E-state index in [1.165, 1.54) is 18.9 Å². The number of nitrogens with zero attached hydrogens (tertiary/aromatic N) is 3. The van der Waals surface area contributed by atoms with Crippen molar-refractivity contribution in [1.82, 2.24) is 9.97 Å². The van der Waals surface area contributed by atoms with Crippen LogP contribution in [0.3, 0.4) is 0 Å². The summed E-state index contributed by atoms with van der Waals surface area (Å²) < 4.78 is 13.7. The van der Waals surface area contributed by atoms with Crippen LogP contribution in [0, 0.1) is 18.7 Å². The van der Waals surface area contributed by atoms with Crippen LogP contribution in [0.5, 0.6) is 0 Å². The molecule has 1 aliphatic rings. The quantitative estimate of drug-likeness (QED) is 0.932. The smallest absolute Gasteiger partial charge is 0.134 e. The van der Waals surface area contributed by atoms with Crippen LogP contribution < -0.4 is 10.2 Å². The summed E-state index contributed by atoms with van der Waals surface area (Å²) in [5.41, 5.74) is 0.636. The fourth-order valence-corrected chi connectivity index (χ4v) is 2.87. The normalized spacial score (nSPS) is 15.7. The van der Waals surface area contributed by atoms with Gasteiger partial charge < -0.3 is 10.2 Å². The van der Waals surface area contributed by atoms with Gasteiger partial charge in [-0.15, -0.1) is 0 Å². The van der Waals surface area contributed by atoms with E-state index in [0.29, 0.717) is 12.1 Å². The molecule has 0 amide bonds. The predicted octanol–water partition coefficient (Wildman–Crippen LogP) is 3.77. The molecule has 1 aromatic carbocycles. The molecule has 122 valence electrons. The van der Waals surface area contributed by atoms with Gasteiger partial charge in [-0.05, 0) is 31.7 Å². The predicted molar refractivity (Wildman–Crippen MR) is 91.1 cm³/mol. The zero-order chi connectivity index (χ0) is 16.2. The van der Waals surface area contributed by atoms with Crippen molar-refractivity contribution in [2.45, 2.75) is 33.2 Å². The third-order valence-corrected chi connectivity index (χ3v) is 4.35. The van der Waals surface area contributed by atoms with E-state index in [1.54, 1.807) is 12.1 Å². The standard InChI is InChI=1S/C18H23FN4/c1-13-7-9-23(10-8-13)18-11-17(21-14(2)22-18)20-12-15-5-3-4-6-16(15)19/h3-6,11,13H,7-10,12H2,1-2H3,(H,20,21,22). The summed E-state index contributed by atoms with van der Waals surface area (Å²) in [6, 6.07) is 8.75. The van der Waals surface area contributed by atoms with Crippen LogP contribution >= 0.6 is 0 Å². The second kappa shape index (κ2) is 6.94. The lowest BCUT2D eigenvalue weighted by Gasteiger charge is -2.31. The van der Waals surface area contributed by atoms with E-state index < -0.39 is 0 Å². The van der Waals surface area contributed by atoms with Crippen molar-refractivity contribution < 1.29 is 4.39 Å². The van der Waals surface area contributed by atoms with Gasteiger partial charge in [0.15, 0.2) is 0 Å². The molecule has 5 heteroatoms. The fraction of sp³-hybridized carbons (Fsp3) is 0.444. The Morgan fingerprint density at radius 2 is 1.96 bits per heavy atom. The van der Waals surface area contributed by atoms with Crippen LogP contribution in [0.4, 0.5) is 16.0 Å². The molecule has 1 fully saturated rings. The van der Waals surface area contributed by atoms with Crippen LogP contribution in [0.15, 0.2) is 30.3 Å². The first-order valence-corrected chi connectivity index (χ1v) is 8.20. The molecule has 1 aromatic heterocycles. The van der Waals surface area contributed by atoms with Gasteiger partial charge in [0, 0.05) is 31.3 Å². The van der Waals surface area contributed by atoms with Gasteiger partial charge in [0.25, 0.3) is 0 Å². The van der Waals surface area contributed by atoms with Crippen molar-refractivity contribution in [3.8, 4) is 0 Å². The van der Waals surface area contributed by atoms with Crippen LogP contribution in [0.25, 0.3) is 0 Å². The number of hydrogen-bond acceptors (Lipinski definition) is 4. The number of nitrogens with one attached hydrogen (secondary N) is 1. The van der Waals surface area contributed by atoms with Crippen molar-refractivity contribution in [3.05, 3.63) is 47.5 Å². The summed E-state index contributed by atoms with van der Waals surface area (Å²) >= 11 is 0. The maximum absolute atomic E-state index is 13.7. The van der Waals surface area contributed by atoms with Crippen LogP contribution in [-0.2, 0) is 6.54 Å². The zero-order valence-electron chi connectivity index (χ0n) is 13.7. The molecule has 1 N–H and O–H groups in total. The van der Waals surface area contributed by atoms with Gasteiger partial charge in [-0.1, -0.05) is 25.1 Å². The Kier molecular flexibility index (Phi) is 4.74. The van der Waals surface area contributed by atoms with Gasteiger partial charge in [0.2, 0.25) is 0 Å². The average Bonchev–Trinajstić information content (AvgIpc) is 2.54. The third-order valence-electron chi connectivity index (χ3n) is 4.35. The lowest BCUT2D eigenvalue weighted by atomic mass is 9.99. The summed E-state index contributed by atoms with van der Waals surface area (Å²) in [6.45, 7) is 6.67. The topological polar surface area (TPSA) is 41.1 Å². The Morgan fingerprint density at radius 3 is 2.70 bits per heavy atom. The lowest BCUT2D eigenvalue weighted by molar-refractivity contribution is 0.436. The van der Waals surface area contributed by atoms with Crippen LogP contribution in [0.2, 0.25) is 0 Å². The van der Waals surface area contributed by atoms with E-state index in [1.807, 2.05) is 19.1 Å². The van der Waals surface area contributed by atoms with Crippen LogP contribution in [0.1, 0.15) is 31.2 Å². The highest BCUT2D eigenvalue weighted by Crippen LogP contribution is 2.23. The largest absolute Gasteiger partial charge is 0.366 e. The van der Waals surface area contributed by atoms with E-state index >= 15 is 0 Å². The van der Waals surface area contributed by atoms with Gasteiger partial charge in [-0.2, -0.15) is 0 Å². The van der Waals surface area contributed by atoms with Gasteiger partial charge >= 0.3 is 0 Å². The number of aryl methyl sites for hydroxylation is 1. The van der Waals surface area contributed by atoms with Gasteiger partial charge in [0.1, 0.15) is 23.3 Å². The maximum Gasteiger partial charge on any atom is 0.134 e. The first-order valence-electron chi connectivity index (χ1n) is 8.20. The first-order chi connectivity index (χ1) is 11.1. The molecule has 2 aromatic rings. The number of aromatic nitrogens is 2. The molecule has 1 saturated heterocycles. The summed E-state index contributed by atoms with van der Waals surface area (Å²) in [5, 5.41) is 3.21. The second-order valence-corrected chi connectivity index (χ2v) is 6.27. The molecule has 1 aliphatic heterocycles. The molecule has 0 unspecified atom stereocenters. The molecule has 2 heterocycles. The Labute approximate surface area is 136 Å². The number of halogens is 1. The van der Waals surface area contributed by atoms with E-state index in [-0.39, 0.29) is 5.82 Å². The monoisotopic (exact) mass is 314 g/mol. The molecule has 0 radical (unpaired) electrons. The SMILES string of the molecule is Cc1nc(NCc2ccccc2F)cc(N2CCC(C)CC2)n1. The molecule has 0 bridgehead atoms. The van der Waals surface area contributed by atoms with Crippen molar-refractivity contribution in [2.24, 2.45) is 5.92 Å². The summed E-state index contributed by atoms with van der Waals surface area (Å²) in [4.78, 5) is 11.3. The highest BCUT2D eigenvalue weighted by atomic mass is 19.1. The van der Waals surface area contributed by atoms with E-state index in [9.17, 15) is 4.39 Å². The molecule has 3 rings (SSSR count). The van der Waals surface area contributed by atoms with Gasteiger partial charge in [-0.25, -0.2) is 14.4 Å². The molecule has 4 nitrogen and oxygen atoms in total. The molecule has 0 aliphatic carbocycles. The average molecular weight is 314 g/mol. The second-order valence-electron chi connectivity index (χ2n) is 6.27. The Balaban J connectivity index is 1.71. The number of anilines is 2. The van der Waals surface area contributed by atoms with Crippen molar-refractivity contribution in [1.29, 1.82) is 0 Å². The minimum absolute atomic E-state index is 0.198. The van der Waals surface area contributed by atoms with Crippen molar-refractivity contribution in [3.63, 3.8) is 0 Å². The molecular weight excluding hydrogens is 291 g/mol. The Hall–Kier alpha value is -2.17. The number of rotatable bonds is 4. The van der Waals surface area contributed by atoms with E-state index in [4.69, 9.17) is 0 Å². The minimum atomic E-state index is -0.198. The van der Waals surface area contributed by atoms with Crippen molar-refractivity contribution >= 4 is 11.6 Å². The zero-order valence-corrected chi connectivity index (χ0v) is 13.7. The number of hydrogen-bond donors (Lipinski definition) is 1. The molecule has 23 heavy (non-hydrogen) atoms. The molecule has 0 spiro atoms. The summed E-state index contributed by atoms with van der Waals surface area (Å²) in [7, 11) is 0. The first kappa shape index (κ1) is 15.7. The van der Waals surface area contributed by atoms with E-state index in [0.717, 1.165) is 36.5 Å². The molecule has 0 atom stereocenters. The third kappa shape index (κ3) is 3.97. The fourth-order valence-electron chi connectivity index (χ4n) is 2.87. The minimum Gasteiger partial charge on any atom is -0.366 e. The van der Waals surface area contributed by atoms with Crippen LogP contribution in [-0.4, -0.2) is 23.1 Å².